The van der Waals surface area contributed by atoms with E-state index in [0.29, 0.717) is 6.42 Å². The van der Waals surface area contributed by atoms with Crippen molar-refractivity contribution in [3.05, 3.63) is 23.4 Å². The third-order valence-corrected chi connectivity index (χ3v) is 4.63. The molecule has 3 rings (SSSR count). The number of fused-ring (bicyclic) bond motifs is 2. The molecule has 0 aromatic carbocycles. The summed E-state index contributed by atoms with van der Waals surface area (Å²) in [6.45, 7) is 0.981. The van der Waals surface area contributed by atoms with Crippen molar-refractivity contribution in [2.45, 2.75) is 44.1 Å². The van der Waals surface area contributed by atoms with Crippen molar-refractivity contribution >= 4 is 11.8 Å². The van der Waals surface area contributed by atoms with Crippen LogP contribution >= 0.6 is 0 Å². The first-order chi connectivity index (χ1) is 9.16. The van der Waals surface area contributed by atoms with E-state index < -0.39 is 0 Å². The van der Waals surface area contributed by atoms with Gasteiger partial charge in [0.25, 0.3) is 0 Å². The summed E-state index contributed by atoms with van der Waals surface area (Å²) >= 11 is 0. The average Bonchev–Trinajstić information content (AvgIpc) is 2.92. The van der Waals surface area contributed by atoms with Gasteiger partial charge in [-0.15, -0.1) is 0 Å². The molecule has 19 heavy (non-hydrogen) atoms. The number of hydrogen-bond donors (Lipinski definition) is 0. The van der Waals surface area contributed by atoms with Gasteiger partial charge in [-0.1, -0.05) is 6.08 Å². The van der Waals surface area contributed by atoms with E-state index in [1.165, 1.54) is 7.11 Å². The Balaban J connectivity index is 1.98. The average molecular weight is 261 g/mol. The molecule has 1 saturated heterocycles. The van der Waals surface area contributed by atoms with Crippen molar-refractivity contribution in [2.75, 3.05) is 13.7 Å². The molecule has 2 aliphatic heterocycles. The van der Waals surface area contributed by atoms with Gasteiger partial charge in [0.1, 0.15) is 0 Å². The zero-order chi connectivity index (χ0) is 13.5. The fourth-order valence-corrected chi connectivity index (χ4v) is 3.63. The first-order valence-corrected chi connectivity index (χ1v) is 6.96. The molecule has 0 aromatic rings. The van der Waals surface area contributed by atoms with Gasteiger partial charge in [-0.3, -0.25) is 4.79 Å². The number of carbonyl (C=O) groups is 2. The third kappa shape index (κ3) is 1.90. The van der Waals surface area contributed by atoms with Crippen LogP contribution in [0.1, 0.15) is 38.5 Å². The first-order valence-electron chi connectivity index (χ1n) is 6.96. The Bertz CT molecular complexity index is 492. The molecule has 102 valence electrons. The van der Waals surface area contributed by atoms with Crippen molar-refractivity contribution in [3.8, 4) is 0 Å². The number of esters is 1. The summed E-state index contributed by atoms with van der Waals surface area (Å²) in [5, 5.41) is 0. The molecule has 1 spiro atoms. The fourth-order valence-electron chi connectivity index (χ4n) is 3.63. The lowest BCUT2D eigenvalue weighted by Crippen LogP contribution is -2.49. The maximum atomic E-state index is 11.9. The standard InChI is InChI=1S/C15H19NO3/c1-19-14(18)12-6-9-15(7-4-11(17)5-8-15)16-10-2-3-13(12)16/h4,7H,2-3,5-6,8-10H2,1H3/t15-/m0/s1. The predicted molar refractivity (Wildman–Crippen MR) is 70.3 cm³/mol. The maximum Gasteiger partial charge on any atom is 0.335 e. The molecule has 0 saturated carbocycles. The molecule has 2 heterocycles. The van der Waals surface area contributed by atoms with Crippen LogP contribution in [0.15, 0.2) is 23.4 Å². The fraction of sp³-hybridized carbons (Fsp3) is 0.600. The minimum absolute atomic E-state index is 0.0305. The lowest BCUT2D eigenvalue weighted by molar-refractivity contribution is -0.136. The summed E-state index contributed by atoms with van der Waals surface area (Å²) in [6, 6.07) is 0. The van der Waals surface area contributed by atoms with Crippen LogP contribution in [0.5, 0.6) is 0 Å². The molecule has 0 bridgehead atoms. The molecule has 1 aliphatic carbocycles. The topological polar surface area (TPSA) is 46.6 Å². The molecule has 4 nitrogen and oxygen atoms in total. The van der Waals surface area contributed by atoms with Crippen LogP contribution in [0.25, 0.3) is 0 Å². The quantitative estimate of drug-likeness (QED) is 0.677. The molecule has 1 fully saturated rings. The number of allylic oxidation sites excluding steroid dienone is 2. The largest absolute Gasteiger partial charge is 0.466 e. The molecule has 0 unspecified atom stereocenters. The van der Waals surface area contributed by atoms with Crippen LogP contribution in [0.3, 0.4) is 0 Å². The highest BCUT2D eigenvalue weighted by Crippen LogP contribution is 2.45. The van der Waals surface area contributed by atoms with Crippen molar-refractivity contribution in [1.29, 1.82) is 0 Å². The predicted octanol–water partition coefficient (Wildman–Crippen LogP) is 1.96. The highest BCUT2D eigenvalue weighted by Gasteiger charge is 2.44. The van der Waals surface area contributed by atoms with Crippen molar-refractivity contribution in [1.82, 2.24) is 4.90 Å². The molecule has 4 heteroatoms. The van der Waals surface area contributed by atoms with Crippen LogP contribution < -0.4 is 0 Å². The Morgan fingerprint density at radius 1 is 1.32 bits per heavy atom. The number of ketones is 1. The number of ether oxygens (including phenoxy) is 1. The van der Waals surface area contributed by atoms with Crippen LogP contribution in [0.4, 0.5) is 0 Å². The molecular weight excluding hydrogens is 242 g/mol. The van der Waals surface area contributed by atoms with Gasteiger partial charge >= 0.3 is 5.97 Å². The lowest BCUT2D eigenvalue weighted by atomic mass is 9.78. The van der Waals surface area contributed by atoms with Crippen LogP contribution in [-0.2, 0) is 14.3 Å². The minimum atomic E-state index is -0.187. The van der Waals surface area contributed by atoms with Gasteiger partial charge in [-0.25, -0.2) is 4.79 Å². The molecule has 3 aliphatic rings. The highest BCUT2D eigenvalue weighted by atomic mass is 16.5. The number of carbonyl (C=O) groups excluding carboxylic acids is 2. The summed E-state index contributed by atoms with van der Waals surface area (Å²) in [4.78, 5) is 25.6. The summed E-state index contributed by atoms with van der Waals surface area (Å²) in [5.41, 5.74) is 1.96. The summed E-state index contributed by atoms with van der Waals surface area (Å²) < 4.78 is 4.90. The molecular formula is C15H19NO3. The van der Waals surface area contributed by atoms with E-state index in [2.05, 4.69) is 11.0 Å². The zero-order valence-corrected chi connectivity index (χ0v) is 11.3. The monoisotopic (exact) mass is 261 g/mol. The Morgan fingerprint density at radius 2 is 2.11 bits per heavy atom. The second kappa shape index (κ2) is 4.51. The second-order valence-electron chi connectivity index (χ2n) is 5.58. The molecule has 0 amide bonds. The smallest absolute Gasteiger partial charge is 0.335 e. The normalized spacial score (nSPS) is 29.9. The van der Waals surface area contributed by atoms with Gasteiger partial charge in [-0.2, -0.15) is 0 Å². The summed E-state index contributed by atoms with van der Waals surface area (Å²) in [5.74, 6) is 0.0294. The van der Waals surface area contributed by atoms with Crippen molar-refractivity contribution in [2.24, 2.45) is 0 Å². The van der Waals surface area contributed by atoms with Gasteiger partial charge in [-0.05, 0) is 38.2 Å². The number of methoxy groups -OCH3 is 1. The number of nitrogens with zero attached hydrogens (tertiary/aromatic N) is 1. The van der Waals surface area contributed by atoms with Gasteiger partial charge in [0.2, 0.25) is 0 Å². The Labute approximate surface area is 113 Å². The maximum absolute atomic E-state index is 11.9. The van der Waals surface area contributed by atoms with E-state index in [4.69, 9.17) is 4.74 Å². The highest BCUT2D eigenvalue weighted by molar-refractivity contribution is 5.91. The van der Waals surface area contributed by atoms with E-state index in [1.807, 2.05) is 0 Å². The van der Waals surface area contributed by atoms with Gasteiger partial charge < -0.3 is 9.64 Å². The van der Waals surface area contributed by atoms with E-state index in [-0.39, 0.29) is 17.3 Å². The molecule has 0 radical (unpaired) electrons. The third-order valence-electron chi connectivity index (χ3n) is 4.63. The Morgan fingerprint density at radius 3 is 2.79 bits per heavy atom. The SMILES string of the molecule is COC(=O)C1=C2CCCN2[C@]2(C=CC(=O)CC2)CC1. The zero-order valence-electron chi connectivity index (χ0n) is 11.3. The molecule has 0 aromatic heterocycles. The first kappa shape index (κ1) is 12.5. The van der Waals surface area contributed by atoms with Gasteiger partial charge in [0, 0.05) is 18.7 Å². The van der Waals surface area contributed by atoms with Crippen LogP contribution in [0, 0.1) is 0 Å². The van der Waals surface area contributed by atoms with E-state index in [1.54, 1.807) is 6.08 Å². The Hall–Kier alpha value is -1.58. The number of hydrogen-bond acceptors (Lipinski definition) is 4. The van der Waals surface area contributed by atoms with Crippen molar-refractivity contribution < 1.29 is 14.3 Å². The van der Waals surface area contributed by atoms with Crippen LogP contribution in [-0.4, -0.2) is 35.8 Å². The van der Waals surface area contributed by atoms with E-state index in [9.17, 15) is 9.59 Å². The Kier molecular flexibility index (Phi) is 2.96. The van der Waals surface area contributed by atoms with E-state index >= 15 is 0 Å². The van der Waals surface area contributed by atoms with Crippen LogP contribution in [0.2, 0.25) is 0 Å². The summed E-state index contributed by atoms with van der Waals surface area (Å²) in [6.07, 6.45) is 8.99. The van der Waals surface area contributed by atoms with Gasteiger partial charge in [0.05, 0.1) is 18.2 Å². The summed E-state index contributed by atoms with van der Waals surface area (Å²) in [7, 11) is 1.44. The molecule has 0 N–H and O–H groups in total. The second-order valence-corrected chi connectivity index (χ2v) is 5.58. The lowest BCUT2D eigenvalue weighted by Gasteiger charge is -2.47. The number of rotatable bonds is 1. The van der Waals surface area contributed by atoms with Crippen molar-refractivity contribution in [3.63, 3.8) is 0 Å². The minimum Gasteiger partial charge on any atom is -0.466 e. The van der Waals surface area contributed by atoms with Gasteiger partial charge in [0.15, 0.2) is 5.78 Å². The molecule has 1 atom stereocenters. The van der Waals surface area contributed by atoms with E-state index in [0.717, 1.165) is 49.9 Å².